The van der Waals surface area contributed by atoms with Crippen molar-refractivity contribution in [2.75, 3.05) is 13.6 Å². The average molecular weight is 284 g/mol. The number of aliphatic carboxylic acids is 1. The molecule has 1 aliphatic rings. The van der Waals surface area contributed by atoms with Gasteiger partial charge in [-0.2, -0.15) is 11.3 Å². The first-order chi connectivity index (χ1) is 8.99. The van der Waals surface area contributed by atoms with Crippen LogP contribution in [0.1, 0.15) is 12.0 Å². The summed E-state index contributed by atoms with van der Waals surface area (Å²) in [6.45, 7) is 0.505. The molecule has 0 aromatic carbocycles. The van der Waals surface area contributed by atoms with Crippen molar-refractivity contribution in [2.24, 2.45) is 0 Å². The van der Waals surface area contributed by atoms with Crippen LogP contribution < -0.4 is 0 Å². The fraction of sp³-hybridized carbons (Fsp3) is 0.500. The van der Waals surface area contributed by atoms with Crippen molar-refractivity contribution in [2.45, 2.75) is 25.1 Å². The van der Waals surface area contributed by atoms with Gasteiger partial charge in [0, 0.05) is 26.6 Å². The fourth-order valence-electron chi connectivity index (χ4n) is 2.20. The second kappa shape index (κ2) is 5.58. The minimum atomic E-state index is -1.08. The highest BCUT2D eigenvalue weighted by Gasteiger charge is 2.39. The predicted molar refractivity (Wildman–Crippen MR) is 69.9 cm³/mol. The van der Waals surface area contributed by atoms with Gasteiger partial charge in [0.25, 0.3) is 0 Å². The minimum Gasteiger partial charge on any atom is -0.480 e. The Morgan fingerprint density at radius 3 is 2.89 bits per heavy atom. The van der Waals surface area contributed by atoms with Crippen LogP contribution in [0.15, 0.2) is 16.8 Å². The molecule has 0 aliphatic carbocycles. The number of likely N-dealkylation sites (tertiary alicyclic amines) is 1. The van der Waals surface area contributed by atoms with Gasteiger partial charge in [0.15, 0.2) is 0 Å². The van der Waals surface area contributed by atoms with E-state index >= 15 is 0 Å². The van der Waals surface area contributed by atoms with E-state index in [1.165, 1.54) is 9.80 Å². The Kier molecular flexibility index (Phi) is 4.06. The van der Waals surface area contributed by atoms with Crippen molar-refractivity contribution in [3.05, 3.63) is 22.4 Å². The summed E-state index contributed by atoms with van der Waals surface area (Å²) in [7, 11) is 1.63. The molecule has 0 radical (unpaired) electrons. The molecule has 2 amide bonds. The molecule has 2 rings (SSSR count). The van der Waals surface area contributed by atoms with Gasteiger partial charge in [-0.25, -0.2) is 9.59 Å². The molecule has 0 spiro atoms. The zero-order chi connectivity index (χ0) is 14.0. The number of rotatable bonds is 3. The lowest BCUT2D eigenvalue weighted by molar-refractivity contribution is -0.141. The van der Waals surface area contributed by atoms with Gasteiger partial charge in [-0.15, -0.1) is 0 Å². The predicted octanol–water partition coefficient (Wildman–Crippen LogP) is 0.820. The molecule has 1 unspecified atom stereocenters. The number of thiophene rings is 1. The molecule has 6 nitrogen and oxygen atoms in total. The van der Waals surface area contributed by atoms with Crippen molar-refractivity contribution in [3.63, 3.8) is 0 Å². The van der Waals surface area contributed by atoms with Crippen LogP contribution in [0.25, 0.3) is 0 Å². The van der Waals surface area contributed by atoms with Crippen LogP contribution >= 0.6 is 11.3 Å². The summed E-state index contributed by atoms with van der Waals surface area (Å²) in [4.78, 5) is 26.0. The van der Waals surface area contributed by atoms with Crippen LogP contribution in [0, 0.1) is 0 Å². The van der Waals surface area contributed by atoms with Crippen LogP contribution in [0.5, 0.6) is 0 Å². The highest BCUT2D eigenvalue weighted by Crippen LogP contribution is 2.20. The molecule has 1 aromatic heterocycles. The van der Waals surface area contributed by atoms with Gasteiger partial charge < -0.3 is 20.0 Å². The summed E-state index contributed by atoms with van der Waals surface area (Å²) in [5.74, 6) is -1.08. The zero-order valence-electron chi connectivity index (χ0n) is 10.5. The lowest BCUT2D eigenvalue weighted by Crippen LogP contribution is -2.46. The number of carbonyl (C=O) groups is 2. The van der Waals surface area contributed by atoms with E-state index in [9.17, 15) is 14.7 Å². The number of nitrogens with zero attached hydrogens (tertiary/aromatic N) is 2. The summed E-state index contributed by atoms with van der Waals surface area (Å²) in [6.07, 6.45) is -0.674. The minimum absolute atomic E-state index is 0.0732. The Morgan fingerprint density at radius 1 is 1.58 bits per heavy atom. The van der Waals surface area contributed by atoms with Gasteiger partial charge in [-0.05, 0) is 22.4 Å². The summed E-state index contributed by atoms with van der Waals surface area (Å²) in [6, 6.07) is 0.615. The fourth-order valence-corrected chi connectivity index (χ4v) is 2.86. The van der Waals surface area contributed by atoms with E-state index in [4.69, 9.17) is 5.11 Å². The average Bonchev–Trinajstić information content (AvgIpc) is 2.97. The van der Waals surface area contributed by atoms with Gasteiger partial charge in [0.1, 0.15) is 6.04 Å². The maximum atomic E-state index is 12.2. The quantitative estimate of drug-likeness (QED) is 0.861. The molecule has 1 saturated heterocycles. The normalized spacial score (nSPS) is 22.5. The van der Waals surface area contributed by atoms with Crippen molar-refractivity contribution in [3.8, 4) is 0 Å². The summed E-state index contributed by atoms with van der Waals surface area (Å²) in [5.41, 5.74) is 1.01. The standard InChI is InChI=1S/C12H16N2O4S/c1-13(5-8-2-3-19-7-8)12(18)14-6-9(15)4-10(14)11(16)17/h2-3,7,9-10,15H,4-6H2,1H3,(H,16,17)/t9?,10-/m0/s1. The third-order valence-electron chi connectivity index (χ3n) is 3.14. The molecule has 19 heavy (non-hydrogen) atoms. The highest BCUT2D eigenvalue weighted by molar-refractivity contribution is 7.07. The number of carboxylic acids is 1. The van der Waals surface area contributed by atoms with E-state index < -0.39 is 18.1 Å². The molecular formula is C12H16N2O4S. The Balaban J connectivity index is 2.03. The smallest absolute Gasteiger partial charge is 0.326 e. The van der Waals surface area contributed by atoms with Crippen molar-refractivity contribution in [1.29, 1.82) is 0 Å². The molecule has 2 N–H and O–H groups in total. The number of carboxylic acid groups (broad SMARTS) is 1. The van der Waals surface area contributed by atoms with Crippen LogP contribution in [0.4, 0.5) is 4.79 Å². The zero-order valence-corrected chi connectivity index (χ0v) is 11.3. The topological polar surface area (TPSA) is 81.1 Å². The molecule has 1 aromatic rings. The first kappa shape index (κ1) is 13.8. The summed E-state index contributed by atoms with van der Waals surface area (Å²) >= 11 is 1.55. The summed E-state index contributed by atoms with van der Waals surface area (Å²) in [5, 5.41) is 22.5. The van der Waals surface area contributed by atoms with Crippen molar-refractivity contribution in [1.82, 2.24) is 9.80 Å². The molecule has 2 heterocycles. The number of aliphatic hydroxyl groups excluding tert-OH is 1. The SMILES string of the molecule is CN(Cc1ccsc1)C(=O)N1CC(O)C[C@H]1C(=O)O. The van der Waals surface area contributed by atoms with Crippen molar-refractivity contribution < 1.29 is 19.8 Å². The Labute approximate surface area is 114 Å². The Bertz CT molecular complexity index is 462. The third-order valence-corrected chi connectivity index (χ3v) is 3.87. The molecular weight excluding hydrogens is 268 g/mol. The largest absolute Gasteiger partial charge is 0.480 e. The number of β-amino-alcohol motifs (C(OH)–C–C–N with tert-alkyl or cyclic N) is 1. The van der Waals surface area contributed by atoms with Gasteiger partial charge in [0.05, 0.1) is 6.10 Å². The number of aliphatic hydroxyl groups is 1. The molecule has 7 heteroatoms. The van der Waals surface area contributed by atoms with Gasteiger partial charge in [0.2, 0.25) is 0 Å². The van der Waals surface area contributed by atoms with E-state index in [0.717, 1.165) is 5.56 Å². The number of urea groups is 1. The lowest BCUT2D eigenvalue weighted by Gasteiger charge is -2.27. The molecule has 1 fully saturated rings. The van der Waals surface area contributed by atoms with Crippen molar-refractivity contribution >= 4 is 23.3 Å². The highest BCUT2D eigenvalue weighted by atomic mass is 32.1. The monoisotopic (exact) mass is 284 g/mol. The van der Waals surface area contributed by atoms with Gasteiger partial charge in [-0.1, -0.05) is 0 Å². The number of amides is 2. The van der Waals surface area contributed by atoms with Gasteiger partial charge in [-0.3, -0.25) is 0 Å². The van der Waals surface area contributed by atoms with Gasteiger partial charge >= 0.3 is 12.0 Å². The maximum Gasteiger partial charge on any atom is 0.326 e. The molecule has 2 atom stereocenters. The number of hydrogen-bond acceptors (Lipinski definition) is 4. The van der Waals surface area contributed by atoms with Crippen LogP contribution in [0.2, 0.25) is 0 Å². The van der Waals surface area contributed by atoms with Crippen LogP contribution in [-0.4, -0.2) is 57.8 Å². The maximum absolute atomic E-state index is 12.2. The first-order valence-corrected chi connectivity index (χ1v) is 6.87. The van der Waals surface area contributed by atoms with E-state index in [2.05, 4.69) is 0 Å². The molecule has 0 bridgehead atoms. The Morgan fingerprint density at radius 2 is 2.32 bits per heavy atom. The first-order valence-electron chi connectivity index (χ1n) is 5.92. The molecule has 104 valence electrons. The molecule has 0 saturated carbocycles. The van der Waals surface area contributed by atoms with E-state index in [0.29, 0.717) is 6.54 Å². The second-order valence-electron chi connectivity index (χ2n) is 4.67. The number of carbonyl (C=O) groups excluding carboxylic acids is 1. The van der Waals surface area contributed by atoms with E-state index in [-0.39, 0.29) is 19.0 Å². The number of hydrogen-bond donors (Lipinski definition) is 2. The van der Waals surface area contributed by atoms with E-state index in [1.54, 1.807) is 18.4 Å². The lowest BCUT2D eigenvalue weighted by atomic mass is 10.2. The van der Waals surface area contributed by atoms with Crippen LogP contribution in [-0.2, 0) is 11.3 Å². The third kappa shape index (κ3) is 3.05. The second-order valence-corrected chi connectivity index (χ2v) is 5.45. The van der Waals surface area contributed by atoms with Crippen LogP contribution in [0.3, 0.4) is 0 Å². The molecule has 1 aliphatic heterocycles. The Hall–Kier alpha value is -1.60. The summed E-state index contributed by atoms with van der Waals surface area (Å²) < 4.78 is 0. The van der Waals surface area contributed by atoms with E-state index in [1.807, 2.05) is 16.8 Å².